The van der Waals surface area contributed by atoms with E-state index in [0.29, 0.717) is 11.5 Å². The Hall–Kier alpha value is -4.27. The van der Waals surface area contributed by atoms with E-state index in [-0.39, 0.29) is 11.1 Å². The van der Waals surface area contributed by atoms with Crippen LogP contribution in [0.1, 0.15) is 26.5 Å². The van der Waals surface area contributed by atoms with E-state index >= 15 is 0 Å². The van der Waals surface area contributed by atoms with Crippen LogP contribution in [0.15, 0.2) is 66.9 Å². The molecule has 0 saturated carbocycles. The van der Waals surface area contributed by atoms with E-state index in [2.05, 4.69) is 15.6 Å². The maximum absolute atomic E-state index is 12.6. The molecule has 9 nitrogen and oxygen atoms in total. The zero-order chi connectivity index (χ0) is 22.9. The summed E-state index contributed by atoms with van der Waals surface area (Å²) < 4.78 is 1.68. The fraction of sp³-hybridized carbons (Fsp3) is 0.174. The van der Waals surface area contributed by atoms with Crippen molar-refractivity contribution in [3.8, 4) is 5.69 Å². The molecule has 2 aromatic heterocycles. The zero-order valence-corrected chi connectivity index (χ0v) is 17.9. The van der Waals surface area contributed by atoms with Crippen molar-refractivity contribution in [2.75, 3.05) is 10.6 Å². The van der Waals surface area contributed by atoms with Crippen LogP contribution in [0.5, 0.6) is 0 Å². The van der Waals surface area contributed by atoms with Crippen LogP contribution in [0.25, 0.3) is 16.6 Å². The van der Waals surface area contributed by atoms with Gasteiger partial charge in [0.2, 0.25) is 0 Å². The van der Waals surface area contributed by atoms with E-state index in [4.69, 9.17) is 5.10 Å². The zero-order valence-electron chi connectivity index (χ0n) is 17.9. The van der Waals surface area contributed by atoms with Gasteiger partial charge in [0.1, 0.15) is 5.82 Å². The third-order valence-electron chi connectivity index (χ3n) is 4.89. The van der Waals surface area contributed by atoms with Gasteiger partial charge in [-0.05, 0) is 36.4 Å². The second-order valence-electron chi connectivity index (χ2n) is 8.34. The largest absolute Gasteiger partial charge is 0.324 e. The lowest BCUT2D eigenvalue weighted by atomic mass is 9.92. The number of anilines is 2. The third kappa shape index (κ3) is 4.41. The van der Waals surface area contributed by atoms with Crippen molar-refractivity contribution in [2.24, 2.45) is 0 Å². The molecule has 0 bridgehead atoms. The number of pyridine rings is 1. The van der Waals surface area contributed by atoms with Crippen molar-refractivity contribution in [3.05, 3.63) is 82.7 Å². The normalized spacial score (nSPS) is 11.3. The Morgan fingerprint density at radius 1 is 1.03 bits per heavy atom. The average molecular weight is 430 g/mol. The molecule has 2 N–H and O–H groups in total. The van der Waals surface area contributed by atoms with Crippen LogP contribution >= 0.6 is 0 Å². The smallest absolute Gasteiger partial charge is 0.308 e. The van der Waals surface area contributed by atoms with Crippen LogP contribution in [-0.4, -0.2) is 25.7 Å². The SMILES string of the molecule is CC(C)(C)c1cc(NC(=O)Nc2ccc([N+](=O)[O-])cc2)n(-c2ccc3ncccc3c2)n1. The summed E-state index contributed by atoms with van der Waals surface area (Å²) >= 11 is 0. The van der Waals surface area contributed by atoms with Crippen molar-refractivity contribution in [1.29, 1.82) is 0 Å². The molecule has 2 aromatic carbocycles. The Morgan fingerprint density at radius 2 is 1.78 bits per heavy atom. The van der Waals surface area contributed by atoms with Gasteiger partial charge in [-0.2, -0.15) is 5.10 Å². The van der Waals surface area contributed by atoms with Gasteiger partial charge >= 0.3 is 6.03 Å². The molecule has 9 heteroatoms. The monoisotopic (exact) mass is 430 g/mol. The van der Waals surface area contributed by atoms with Crippen molar-refractivity contribution >= 4 is 34.1 Å². The molecule has 0 saturated heterocycles. The Bertz CT molecular complexity index is 1310. The van der Waals surface area contributed by atoms with E-state index in [1.807, 2.05) is 57.2 Å². The van der Waals surface area contributed by atoms with Gasteiger partial charge in [-0.1, -0.05) is 26.8 Å². The molecule has 0 atom stereocenters. The first kappa shape index (κ1) is 21.0. The van der Waals surface area contributed by atoms with Crippen molar-refractivity contribution < 1.29 is 9.72 Å². The number of hydrogen-bond acceptors (Lipinski definition) is 5. The van der Waals surface area contributed by atoms with E-state index in [9.17, 15) is 14.9 Å². The van der Waals surface area contributed by atoms with Crippen molar-refractivity contribution in [2.45, 2.75) is 26.2 Å². The Morgan fingerprint density at radius 3 is 2.47 bits per heavy atom. The highest BCUT2D eigenvalue weighted by molar-refractivity contribution is 5.99. The molecule has 0 fully saturated rings. The minimum atomic E-state index is -0.491. The van der Waals surface area contributed by atoms with Gasteiger partial charge < -0.3 is 5.32 Å². The summed E-state index contributed by atoms with van der Waals surface area (Å²) in [5.41, 5.74) is 2.63. The van der Waals surface area contributed by atoms with E-state index < -0.39 is 11.0 Å². The number of benzene rings is 2. The molecular weight excluding hydrogens is 408 g/mol. The fourth-order valence-corrected chi connectivity index (χ4v) is 3.17. The first-order valence-corrected chi connectivity index (χ1v) is 9.99. The van der Waals surface area contributed by atoms with Gasteiger partial charge in [-0.3, -0.25) is 20.4 Å². The highest BCUT2D eigenvalue weighted by Gasteiger charge is 2.22. The molecule has 0 aliphatic carbocycles. The fourth-order valence-electron chi connectivity index (χ4n) is 3.17. The van der Waals surface area contributed by atoms with Crippen LogP contribution < -0.4 is 10.6 Å². The number of carbonyl (C=O) groups excluding carboxylic acids is 1. The van der Waals surface area contributed by atoms with Gasteiger partial charge in [-0.15, -0.1) is 0 Å². The highest BCUT2D eigenvalue weighted by Crippen LogP contribution is 2.27. The number of hydrogen-bond donors (Lipinski definition) is 2. The molecular formula is C23H22N6O3. The number of fused-ring (bicyclic) bond motifs is 1. The standard InChI is InChI=1S/C23H22N6O3/c1-23(2,3)20-14-21(26-22(30)25-16-6-8-17(9-7-16)29(31)32)28(27-20)18-10-11-19-15(13-18)5-4-12-24-19/h4-14H,1-3H3,(H2,25,26,30). The average Bonchev–Trinajstić information content (AvgIpc) is 3.18. The van der Waals surface area contributed by atoms with Gasteiger partial charge in [-0.25, -0.2) is 9.48 Å². The maximum atomic E-state index is 12.6. The van der Waals surface area contributed by atoms with Crippen LogP contribution in [0.4, 0.5) is 22.0 Å². The highest BCUT2D eigenvalue weighted by atomic mass is 16.6. The number of nitrogens with zero attached hydrogens (tertiary/aromatic N) is 4. The first-order chi connectivity index (χ1) is 15.2. The lowest BCUT2D eigenvalue weighted by Gasteiger charge is -2.14. The Kier molecular flexibility index (Phi) is 5.31. The molecule has 4 rings (SSSR count). The van der Waals surface area contributed by atoms with Crippen LogP contribution in [0.2, 0.25) is 0 Å². The number of amides is 2. The first-order valence-electron chi connectivity index (χ1n) is 9.99. The van der Waals surface area contributed by atoms with Gasteiger partial charge in [0.25, 0.3) is 5.69 Å². The molecule has 4 aromatic rings. The van der Waals surface area contributed by atoms with Gasteiger partial charge in [0, 0.05) is 40.9 Å². The van der Waals surface area contributed by atoms with Gasteiger partial charge in [0.15, 0.2) is 0 Å². The summed E-state index contributed by atoms with van der Waals surface area (Å²) in [6, 6.07) is 16.6. The molecule has 0 radical (unpaired) electrons. The van der Waals surface area contributed by atoms with Gasteiger partial charge in [0.05, 0.1) is 21.8 Å². The number of aromatic nitrogens is 3. The maximum Gasteiger partial charge on any atom is 0.324 e. The van der Waals surface area contributed by atoms with E-state index in [1.54, 1.807) is 10.9 Å². The molecule has 0 spiro atoms. The number of rotatable bonds is 4. The summed E-state index contributed by atoms with van der Waals surface area (Å²) in [5, 5.41) is 22.0. The number of non-ortho nitro benzene ring substituents is 1. The molecule has 0 aliphatic heterocycles. The summed E-state index contributed by atoms with van der Waals surface area (Å²) in [6.45, 7) is 6.14. The second-order valence-corrected chi connectivity index (χ2v) is 8.34. The predicted molar refractivity (Wildman–Crippen MR) is 123 cm³/mol. The predicted octanol–water partition coefficient (Wildman–Crippen LogP) is 5.27. The van der Waals surface area contributed by atoms with Crippen molar-refractivity contribution in [3.63, 3.8) is 0 Å². The molecule has 2 amide bonds. The minimum Gasteiger partial charge on any atom is -0.308 e. The van der Waals surface area contributed by atoms with Crippen molar-refractivity contribution in [1.82, 2.24) is 14.8 Å². The second kappa shape index (κ2) is 8.10. The van der Waals surface area contributed by atoms with Crippen LogP contribution in [0, 0.1) is 10.1 Å². The molecule has 32 heavy (non-hydrogen) atoms. The number of nitrogens with one attached hydrogen (secondary N) is 2. The number of carbonyl (C=O) groups is 1. The Labute approximate surface area is 184 Å². The summed E-state index contributed by atoms with van der Waals surface area (Å²) in [7, 11) is 0. The minimum absolute atomic E-state index is 0.0466. The van der Waals surface area contributed by atoms with E-state index in [1.165, 1.54) is 24.3 Å². The molecule has 0 aliphatic rings. The quantitative estimate of drug-likeness (QED) is 0.338. The third-order valence-corrected chi connectivity index (χ3v) is 4.89. The number of nitro groups is 1. The van der Waals surface area contributed by atoms with Crippen LogP contribution in [-0.2, 0) is 5.41 Å². The van der Waals surface area contributed by atoms with E-state index in [0.717, 1.165) is 22.3 Å². The molecule has 2 heterocycles. The summed E-state index contributed by atoms with van der Waals surface area (Å²) in [6.07, 6.45) is 1.74. The summed E-state index contributed by atoms with van der Waals surface area (Å²) in [4.78, 5) is 27.3. The summed E-state index contributed by atoms with van der Waals surface area (Å²) in [5.74, 6) is 0.498. The lowest BCUT2D eigenvalue weighted by molar-refractivity contribution is -0.384. The number of urea groups is 1. The Balaban J connectivity index is 1.64. The number of nitro benzene ring substituents is 1. The van der Waals surface area contributed by atoms with Crippen LogP contribution in [0.3, 0.4) is 0 Å². The molecule has 0 unspecified atom stereocenters. The lowest BCUT2D eigenvalue weighted by Crippen LogP contribution is -2.21. The topological polar surface area (TPSA) is 115 Å². The molecule has 162 valence electrons.